The Morgan fingerprint density at radius 3 is 2.64 bits per heavy atom. The molecular weight excluding hydrogens is 471 g/mol. The average Bonchev–Trinajstić information content (AvgIpc) is 3.21. The maximum atomic E-state index is 12.0. The van der Waals surface area contributed by atoms with Crippen LogP contribution < -0.4 is 16.0 Å². The number of carbonyl (C=O) groups is 1. The topological polar surface area (TPSA) is 87.9 Å². The molecule has 0 saturated carbocycles. The van der Waals surface area contributed by atoms with Gasteiger partial charge in [0.25, 0.3) is 0 Å². The van der Waals surface area contributed by atoms with E-state index in [9.17, 15) is 4.79 Å². The first-order valence-corrected chi connectivity index (χ1v) is 9.21. The Bertz CT molecular complexity index is 678. The molecule has 2 aromatic rings. The van der Waals surface area contributed by atoms with Gasteiger partial charge in [-0.25, -0.2) is 4.99 Å². The predicted molar refractivity (Wildman–Crippen MR) is 121 cm³/mol. The van der Waals surface area contributed by atoms with E-state index >= 15 is 0 Å². The van der Waals surface area contributed by atoms with Gasteiger partial charge in [-0.1, -0.05) is 30.3 Å². The second-order valence-electron chi connectivity index (χ2n) is 5.87. The van der Waals surface area contributed by atoms with E-state index in [2.05, 4.69) is 20.9 Å². The number of guanidine groups is 1. The van der Waals surface area contributed by atoms with E-state index in [1.54, 1.807) is 6.26 Å². The van der Waals surface area contributed by atoms with Gasteiger partial charge in [-0.05, 0) is 31.0 Å². The molecule has 0 saturated heterocycles. The fourth-order valence-corrected chi connectivity index (χ4v) is 2.29. The Labute approximate surface area is 183 Å². The minimum absolute atomic E-state index is 0. The molecule has 3 N–H and O–H groups in total. The SMILES string of the molecule is CCNC(=NCC(=O)NCc1ccccc1)NCCCOCc1ccco1.I. The van der Waals surface area contributed by atoms with Crippen molar-refractivity contribution in [3.05, 3.63) is 60.1 Å². The average molecular weight is 500 g/mol. The highest BCUT2D eigenvalue weighted by atomic mass is 127. The summed E-state index contributed by atoms with van der Waals surface area (Å²) in [5, 5.41) is 9.19. The van der Waals surface area contributed by atoms with Gasteiger partial charge >= 0.3 is 0 Å². The van der Waals surface area contributed by atoms with Gasteiger partial charge in [0.1, 0.15) is 18.9 Å². The highest BCUT2D eigenvalue weighted by Crippen LogP contribution is 2.01. The molecular formula is C20H29IN4O3. The van der Waals surface area contributed by atoms with Crippen LogP contribution in [0.5, 0.6) is 0 Å². The molecule has 7 nitrogen and oxygen atoms in total. The molecule has 0 bridgehead atoms. The minimum Gasteiger partial charge on any atom is -0.467 e. The second-order valence-corrected chi connectivity index (χ2v) is 5.87. The van der Waals surface area contributed by atoms with Crippen LogP contribution in [0.1, 0.15) is 24.7 Å². The van der Waals surface area contributed by atoms with Crippen LogP contribution >= 0.6 is 24.0 Å². The number of benzene rings is 1. The normalized spacial score (nSPS) is 10.8. The number of amides is 1. The van der Waals surface area contributed by atoms with E-state index in [1.807, 2.05) is 49.4 Å². The van der Waals surface area contributed by atoms with Crippen LogP contribution in [-0.2, 0) is 22.7 Å². The monoisotopic (exact) mass is 500 g/mol. The summed E-state index contributed by atoms with van der Waals surface area (Å²) in [6, 6.07) is 13.5. The highest BCUT2D eigenvalue weighted by Gasteiger charge is 2.02. The summed E-state index contributed by atoms with van der Waals surface area (Å²) in [6.45, 7) is 5.10. The molecule has 1 aromatic heterocycles. The van der Waals surface area contributed by atoms with E-state index in [4.69, 9.17) is 9.15 Å². The molecule has 0 fully saturated rings. The van der Waals surface area contributed by atoms with E-state index in [-0.39, 0.29) is 36.4 Å². The molecule has 2 rings (SSSR count). The van der Waals surface area contributed by atoms with Crippen LogP contribution in [-0.4, -0.2) is 38.1 Å². The Balaban J connectivity index is 0.00000392. The lowest BCUT2D eigenvalue weighted by Gasteiger charge is -2.11. The van der Waals surface area contributed by atoms with Crippen molar-refractivity contribution < 1.29 is 13.9 Å². The zero-order chi connectivity index (χ0) is 19.2. The summed E-state index contributed by atoms with van der Waals surface area (Å²) in [7, 11) is 0. The molecule has 0 aliphatic carbocycles. The Morgan fingerprint density at radius 1 is 1.11 bits per heavy atom. The van der Waals surface area contributed by atoms with E-state index in [1.165, 1.54) is 0 Å². The lowest BCUT2D eigenvalue weighted by Crippen LogP contribution is -2.39. The van der Waals surface area contributed by atoms with Crippen molar-refractivity contribution in [3.8, 4) is 0 Å². The maximum Gasteiger partial charge on any atom is 0.242 e. The van der Waals surface area contributed by atoms with Crippen molar-refractivity contribution in [1.29, 1.82) is 0 Å². The first-order chi connectivity index (χ1) is 13.3. The summed E-state index contributed by atoms with van der Waals surface area (Å²) in [5.74, 6) is 1.33. The molecule has 1 amide bonds. The molecule has 8 heteroatoms. The molecule has 0 unspecified atom stereocenters. The number of carbonyl (C=O) groups excluding carboxylic acids is 1. The van der Waals surface area contributed by atoms with Crippen LogP contribution in [0.2, 0.25) is 0 Å². The molecule has 154 valence electrons. The van der Waals surface area contributed by atoms with E-state index < -0.39 is 0 Å². The van der Waals surface area contributed by atoms with Crippen LogP contribution in [0.25, 0.3) is 0 Å². The molecule has 0 atom stereocenters. The number of halogens is 1. The molecule has 0 aliphatic heterocycles. The molecule has 0 radical (unpaired) electrons. The zero-order valence-electron chi connectivity index (χ0n) is 16.1. The third-order valence-corrected chi connectivity index (χ3v) is 3.64. The Kier molecular flexibility index (Phi) is 12.8. The molecule has 0 aliphatic rings. The number of ether oxygens (including phenoxy) is 1. The van der Waals surface area contributed by atoms with Gasteiger partial charge in [-0.3, -0.25) is 4.79 Å². The van der Waals surface area contributed by atoms with E-state index in [0.717, 1.165) is 24.3 Å². The van der Waals surface area contributed by atoms with Crippen molar-refractivity contribution >= 4 is 35.8 Å². The maximum absolute atomic E-state index is 12.0. The van der Waals surface area contributed by atoms with Gasteiger partial charge in [0.2, 0.25) is 5.91 Å². The number of hydrogen-bond donors (Lipinski definition) is 3. The quantitative estimate of drug-likeness (QED) is 0.191. The van der Waals surface area contributed by atoms with Crippen molar-refractivity contribution in [2.24, 2.45) is 4.99 Å². The summed E-state index contributed by atoms with van der Waals surface area (Å²) in [6.07, 6.45) is 2.46. The number of furan rings is 1. The van der Waals surface area contributed by atoms with Crippen molar-refractivity contribution in [2.75, 3.05) is 26.2 Å². The van der Waals surface area contributed by atoms with Crippen molar-refractivity contribution in [2.45, 2.75) is 26.5 Å². The first kappa shape index (κ1) is 24.0. The predicted octanol–water partition coefficient (Wildman–Crippen LogP) is 2.68. The third-order valence-electron chi connectivity index (χ3n) is 3.64. The molecule has 0 spiro atoms. The van der Waals surface area contributed by atoms with Crippen molar-refractivity contribution in [3.63, 3.8) is 0 Å². The Morgan fingerprint density at radius 2 is 1.93 bits per heavy atom. The van der Waals surface area contributed by atoms with Gasteiger partial charge in [0.15, 0.2) is 5.96 Å². The van der Waals surface area contributed by atoms with Gasteiger partial charge < -0.3 is 25.1 Å². The summed E-state index contributed by atoms with van der Waals surface area (Å²) in [4.78, 5) is 16.3. The fourth-order valence-electron chi connectivity index (χ4n) is 2.29. The van der Waals surface area contributed by atoms with Gasteiger partial charge in [0.05, 0.1) is 6.26 Å². The first-order valence-electron chi connectivity index (χ1n) is 9.21. The lowest BCUT2D eigenvalue weighted by molar-refractivity contribution is -0.119. The fraction of sp³-hybridized carbons (Fsp3) is 0.400. The standard InChI is InChI=1S/C20H28N4O3.HI/c1-2-21-20(22-11-7-12-26-16-18-10-6-13-27-18)24-15-19(25)23-14-17-8-4-3-5-9-17;/h3-6,8-10,13H,2,7,11-12,14-16H2,1H3,(H,23,25)(H2,21,22,24);1H. The summed E-state index contributed by atoms with van der Waals surface area (Å²) < 4.78 is 10.7. The number of rotatable bonds is 11. The van der Waals surface area contributed by atoms with Crippen LogP contribution in [0.4, 0.5) is 0 Å². The van der Waals surface area contributed by atoms with E-state index in [0.29, 0.717) is 32.3 Å². The largest absolute Gasteiger partial charge is 0.467 e. The number of nitrogens with one attached hydrogen (secondary N) is 3. The van der Waals surface area contributed by atoms with Gasteiger partial charge in [0, 0.05) is 26.2 Å². The number of nitrogens with zero attached hydrogens (tertiary/aromatic N) is 1. The number of hydrogen-bond acceptors (Lipinski definition) is 4. The molecule has 1 heterocycles. The lowest BCUT2D eigenvalue weighted by atomic mass is 10.2. The summed E-state index contributed by atoms with van der Waals surface area (Å²) in [5.41, 5.74) is 1.06. The third kappa shape index (κ3) is 10.3. The van der Waals surface area contributed by atoms with Crippen molar-refractivity contribution in [1.82, 2.24) is 16.0 Å². The van der Waals surface area contributed by atoms with Gasteiger partial charge in [-0.2, -0.15) is 0 Å². The van der Waals surface area contributed by atoms with Crippen LogP contribution in [0, 0.1) is 0 Å². The molecule has 1 aromatic carbocycles. The van der Waals surface area contributed by atoms with Crippen LogP contribution in [0.3, 0.4) is 0 Å². The number of aliphatic imine (C=N–C) groups is 1. The smallest absolute Gasteiger partial charge is 0.242 e. The highest BCUT2D eigenvalue weighted by molar-refractivity contribution is 14.0. The van der Waals surface area contributed by atoms with Gasteiger partial charge in [-0.15, -0.1) is 24.0 Å². The molecule has 28 heavy (non-hydrogen) atoms. The summed E-state index contributed by atoms with van der Waals surface area (Å²) >= 11 is 0. The Hall–Kier alpha value is -2.07. The second kappa shape index (κ2) is 14.9. The zero-order valence-corrected chi connectivity index (χ0v) is 18.5. The van der Waals surface area contributed by atoms with Crippen LogP contribution in [0.15, 0.2) is 58.1 Å². The minimum atomic E-state index is -0.113.